The molecule has 0 saturated carbocycles. The van der Waals surface area contributed by atoms with Crippen molar-refractivity contribution in [1.82, 2.24) is 20.2 Å². The van der Waals surface area contributed by atoms with Gasteiger partial charge in [0.2, 0.25) is 0 Å². The highest BCUT2D eigenvalue weighted by Gasteiger charge is 2.08. The van der Waals surface area contributed by atoms with Crippen LogP contribution in [0.25, 0.3) is 10.9 Å². The van der Waals surface area contributed by atoms with Crippen molar-refractivity contribution in [1.29, 1.82) is 0 Å². The maximum absolute atomic E-state index is 5.62. The Balaban J connectivity index is 2.03. The Morgan fingerprint density at radius 3 is 2.95 bits per heavy atom. The van der Waals surface area contributed by atoms with E-state index in [1.807, 2.05) is 12.1 Å². The molecule has 0 radical (unpaired) electrons. The fourth-order valence-corrected chi connectivity index (χ4v) is 1.82. The summed E-state index contributed by atoms with van der Waals surface area (Å²) in [6.45, 7) is 0. The molecule has 2 heterocycles. The molecule has 0 saturated heterocycles. The van der Waals surface area contributed by atoms with Gasteiger partial charge in [-0.2, -0.15) is 5.10 Å². The molecule has 1 aromatic carbocycles. The van der Waals surface area contributed by atoms with Crippen LogP contribution in [0.15, 0.2) is 30.7 Å². The SMILES string of the molecule is COc1cc2[nH]ncc2cc1Nc1cc(N)ncn1. The number of nitrogens with one attached hydrogen (secondary N) is 2. The first-order valence-corrected chi connectivity index (χ1v) is 5.62. The van der Waals surface area contributed by atoms with E-state index < -0.39 is 0 Å². The van der Waals surface area contributed by atoms with E-state index in [1.54, 1.807) is 19.4 Å². The first-order valence-electron chi connectivity index (χ1n) is 5.62. The quantitative estimate of drug-likeness (QED) is 0.659. The summed E-state index contributed by atoms with van der Waals surface area (Å²) in [6.07, 6.45) is 3.15. The van der Waals surface area contributed by atoms with E-state index in [2.05, 4.69) is 25.5 Å². The first-order chi connectivity index (χ1) is 9.26. The molecule has 0 aliphatic carbocycles. The van der Waals surface area contributed by atoms with Crippen LogP contribution in [0.3, 0.4) is 0 Å². The number of benzene rings is 1. The minimum absolute atomic E-state index is 0.404. The third kappa shape index (κ3) is 2.13. The fourth-order valence-electron chi connectivity index (χ4n) is 1.82. The number of hydrogen-bond acceptors (Lipinski definition) is 6. The predicted molar refractivity (Wildman–Crippen MR) is 72.4 cm³/mol. The molecule has 7 nitrogen and oxygen atoms in total. The lowest BCUT2D eigenvalue weighted by Gasteiger charge is -2.10. The summed E-state index contributed by atoms with van der Waals surface area (Å²) in [5.41, 5.74) is 7.31. The van der Waals surface area contributed by atoms with E-state index in [4.69, 9.17) is 10.5 Å². The van der Waals surface area contributed by atoms with Crippen LogP contribution in [0.2, 0.25) is 0 Å². The molecule has 4 N–H and O–H groups in total. The smallest absolute Gasteiger partial charge is 0.144 e. The number of nitrogen functional groups attached to an aromatic ring is 1. The van der Waals surface area contributed by atoms with Gasteiger partial charge in [-0.05, 0) is 6.07 Å². The summed E-state index contributed by atoms with van der Waals surface area (Å²) in [6, 6.07) is 5.45. The number of ether oxygens (including phenoxy) is 1. The molecule has 0 aliphatic rings. The minimum Gasteiger partial charge on any atom is -0.494 e. The second-order valence-electron chi connectivity index (χ2n) is 3.96. The van der Waals surface area contributed by atoms with Crippen molar-refractivity contribution in [3.63, 3.8) is 0 Å². The number of aromatic nitrogens is 4. The van der Waals surface area contributed by atoms with E-state index in [0.29, 0.717) is 17.4 Å². The van der Waals surface area contributed by atoms with Gasteiger partial charge >= 0.3 is 0 Å². The van der Waals surface area contributed by atoms with Gasteiger partial charge < -0.3 is 15.8 Å². The molecule has 0 amide bonds. The molecule has 2 aromatic heterocycles. The minimum atomic E-state index is 0.404. The van der Waals surface area contributed by atoms with Crippen LogP contribution in [-0.4, -0.2) is 27.3 Å². The summed E-state index contributed by atoms with van der Waals surface area (Å²) < 4.78 is 5.34. The van der Waals surface area contributed by atoms with Crippen LogP contribution < -0.4 is 15.8 Å². The van der Waals surface area contributed by atoms with Gasteiger partial charge in [0.1, 0.15) is 23.7 Å². The van der Waals surface area contributed by atoms with Gasteiger partial charge in [-0.25, -0.2) is 9.97 Å². The Morgan fingerprint density at radius 1 is 1.26 bits per heavy atom. The number of H-pyrrole nitrogens is 1. The van der Waals surface area contributed by atoms with E-state index in [1.165, 1.54) is 6.33 Å². The molecule has 7 heteroatoms. The number of hydrogen-bond donors (Lipinski definition) is 3. The van der Waals surface area contributed by atoms with Gasteiger partial charge in [0.25, 0.3) is 0 Å². The zero-order chi connectivity index (χ0) is 13.2. The number of nitrogens with two attached hydrogens (primary N) is 1. The van der Waals surface area contributed by atoms with Crippen molar-refractivity contribution in [3.05, 3.63) is 30.7 Å². The van der Waals surface area contributed by atoms with E-state index in [9.17, 15) is 0 Å². The van der Waals surface area contributed by atoms with E-state index >= 15 is 0 Å². The molecular weight excluding hydrogens is 244 g/mol. The molecule has 96 valence electrons. The maximum Gasteiger partial charge on any atom is 0.144 e. The second kappa shape index (κ2) is 4.45. The van der Waals surface area contributed by atoms with Crippen molar-refractivity contribution in [2.24, 2.45) is 0 Å². The molecular formula is C12H12N6O. The first kappa shape index (κ1) is 11.3. The van der Waals surface area contributed by atoms with E-state index in [0.717, 1.165) is 16.6 Å². The summed E-state index contributed by atoms with van der Waals surface area (Å²) in [5.74, 6) is 1.70. The molecule has 0 fully saturated rings. The molecule has 0 atom stereocenters. The fraction of sp³-hybridized carbons (Fsp3) is 0.0833. The number of rotatable bonds is 3. The summed E-state index contributed by atoms with van der Waals surface area (Å²) >= 11 is 0. The Bertz CT molecular complexity index is 723. The highest BCUT2D eigenvalue weighted by Crippen LogP contribution is 2.31. The van der Waals surface area contributed by atoms with Gasteiger partial charge in [0, 0.05) is 17.5 Å². The third-order valence-electron chi connectivity index (χ3n) is 2.71. The molecule has 0 bridgehead atoms. The predicted octanol–water partition coefficient (Wildman–Crippen LogP) is 1.69. The van der Waals surface area contributed by atoms with Gasteiger partial charge in [0.15, 0.2) is 0 Å². The van der Waals surface area contributed by atoms with Crippen molar-refractivity contribution in [2.75, 3.05) is 18.2 Å². The lowest BCUT2D eigenvalue weighted by Crippen LogP contribution is -1.99. The Morgan fingerprint density at radius 2 is 2.16 bits per heavy atom. The average Bonchev–Trinajstić information content (AvgIpc) is 2.85. The van der Waals surface area contributed by atoms with Gasteiger partial charge in [0.05, 0.1) is 24.5 Å². The van der Waals surface area contributed by atoms with Gasteiger partial charge in [-0.1, -0.05) is 0 Å². The lowest BCUT2D eigenvalue weighted by molar-refractivity contribution is 0.417. The Kier molecular flexibility index (Phi) is 2.64. The average molecular weight is 256 g/mol. The molecule has 3 aromatic rings. The Hall–Kier alpha value is -2.83. The largest absolute Gasteiger partial charge is 0.494 e. The Labute approximate surface area is 108 Å². The van der Waals surface area contributed by atoms with Crippen LogP contribution in [-0.2, 0) is 0 Å². The van der Waals surface area contributed by atoms with Crippen molar-refractivity contribution in [3.8, 4) is 5.75 Å². The number of aromatic amines is 1. The number of anilines is 3. The molecule has 0 unspecified atom stereocenters. The normalized spacial score (nSPS) is 10.6. The van der Waals surface area contributed by atoms with E-state index in [-0.39, 0.29) is 0 Å². The third-order valence-corrected chi connectivity index (χ3v) is 2.71. The van der Waals surface area contributed by atoms with Crippen LogP contribution in [0.5, 0.6) is 5.75 Å². The van der Waals surface area contributed by atoms with Crippen LogP contribution in [0, 0.1) is 0 Å². The summed E-state index contributed by atoms with van der Waals surface area (Å²) in [7, 11) is 1.61. The molecule has 0 aliphatic heterocycles. The number of methoxy groups -OCH3 is 1. The lowest BCUT2D eigenvalue weighted by atomic mass is 10.2. The molecule has 19 heavy (non-hydrogen) atoms. The van der Waals surface area contributed by atoms with Gasteiger partial charge in [-0.15, -0.1) is 0 Å². The van der Waals surface area contributed by atoms with Crippen molar-refractivity contribution >= 4 is 28.2 Å². The summed E-state index contributed by atoms with van der Waals surface area (Å²) in [4.78, 5) is 7.94. The topological polar surface area (TPSA) is 102 Å². The maximum atomic E-state index is 5.62. The van der Waals surface area contributed by atoms with Crippen molar-refractivity contribution in [2.45, 2.75) is 0 Å². The summed E-state index contributed by atoms with van der Waals surface area (Å²) in [5, 5.41) is 11.0. The zero-order valence-corrected chi connectivity index (χ0v) is 10.2. The van der Waals surface area contributed by atoms with Crippen LogP contribution >= 0.6 is 0 Å². The molecule has 0 spiro atoms. The van der Waals surface area contributed by atoms with Crippen LogP contribution in [0.4, 0.5) is 17.3 Å². The number of fused-ring (bicyclic) bond motifs is 1. The standard InChI is InChI=1S/C12H12N6O/c1-19-10-3-8-7(5-16-18-8)2-9(10)17-12-4-11(13)14-6-15-12/h2-6H,1H3,(H,16,18)(H3,13,14,15,17). The van der Waals surface area contributed by atoms with Gasteiger partial charge in [-0.3, -0.25) is 5.10 Å². The van der Waals surface area contributed by atoms with Crippen LogP contribution in [0.1, 0.15) is 0 Å². The zero-order valence-electron chi connectivity index (χ0n) is 10.2. The van der Waals surface area contributed by atoms with Crippen molar-refractivity contribution < 1.29 is 4.74 Å². The highest BCUT2D eigenvalue weighted by atomic mass is 16.5. The monoisotopic (exact) mass is 256 g/mol. The molecule has 3 rings (SSSR count). The number of nitrogens with zero attached hydrogens (tertiary/aromatic N) is 3. The highest BCUT2D eigenvalue weighted by molar-refractivity contribution is 5.86. The second-order valence-corrected chi connectivity index (χ2v) is 3.96.